The number of nitrogens with zero attached hydrogens (tertiary/aromatic N) is 2. The maximum absolute atomic E-state index is 12.8. The number of ether oxygens (including phenoxy) is 1. The van der Waals surface area contributed by atoms with Gasteiger partial charge < -0.3 is 19.6 Å². The van der Waals surface area contributed by atoms with Gasteiger partial charge in [0.15, 0.2) is 0 Å². The molecule has 0 saturated carbocycles. The van der Waals surface area contributed by atoms with Gasteiger partial charge in [0.1, 0.15) is 0 Å². The van der Waals surface area contributed by atoms with Crippen molar-refractivity contribution in [2.45, 2.75) is 45.1 Å². The van der Waals surface area contributed by atoms with Gasteiger partial charge in [-0.2, -0.15) is 0 Å². The van der Waals surface area contributed by atoms with Crippen molar-refractivity contribution in [3.05, 3.63) is 0 Å². The average molecular weight is 326 g/mol. The van der Waals surface area contributed by atoms with E-state index in [1.54, 1.807) is 9.80 Å². The maximum Gasteiger partial charge on any atom is 0.305 e. The Morgan fingerprint density at radius 1 is 1.26 bits per heavy atom. The molecule has 0 aromatic rings. The molecule has 0 aromatic heterocycles. The van der Waals surface area contributed by atoms with E-state index in [-0.39, 0.29) is 30.8 Å². The number of carboxylic acids is 1. The van der Waals surface area contributed by atoms with Crippen molar-refractivity contribution in [3.8, 4) is 0 Å². The van der Waals surface area contributed by atoms with Crippen molar-refractivity contribution in [1.82, 2.24) is 9.80 Å². The van der Waals surface area contributed by atoms with Crippen LogP contribution >= 0.6 is 0 Å². The van der Waals surface area contributed by atoms with Gasteiger partial charge in [-0.25, -0.2) is 0 Å². The second-order valence-corrected chi connectivity index (χ2v) is 6.29. The van der Waals surface area contributed by atoms with Crippen molar-refractivity contribution in [1.29, 1.82) is 0 Å². The maximum atomic E-state index is 12.8. The molecule has 0 aliphatic carbocycles. The lowest BCUT2D eigenvalue weighted by Gasteiger charge is -2.39. The summed E-state index contributed by atoms with van der Waals surface area (Å²) in [4.78, 5) is 39.3. The van der Waals surface area contributed by atoms with Gasteiger partial charge in [0.25, 0.3) is 0 Å². The lowest BCUT2D eigenvalue weighted by Crippen LogP contribution is -2.54. The van der Waals surface area contributed by atoms with E-state index in [1.807, 2.05) is 6.92 Å². The van der Waals surface area contributed by atoms with Crippen LogP contribution in [-0.4, -0.2) is 71.6 Å². The summed E-state index contributed by atoms with van der Waals surface area (Å²) in [6, 6.07) is -0.407. The normalized spacial score (nSPS) is 25.3. The molecule has 2 unspecified atom stereocenters. The van der Waals surface area contributed by atoms with Crippen LogP contribution in [-0.2, 0) is 19.1 Å². The number of hydrogen-bond acceptors (Lipinski definition) is 4. The van der Waals surface area contributed by atoms with Crippen LogP contribution in [0.5, 0.6) is 0 Å². The molecule has 0 aromatic carbocycles. The van der Waals surface area contributed by atoms with Crippen molar-refractivity contribution in [2.24, 2.45) is 5.92 Å². The molecule has 2 amide bonds. The van der Waals surface area contributed by atoms with Crippen molar-refractivity contribution in [2.75, 3.05) is 32.8 Å². The molecule has 2 aliphatic rings. The number of aliphatic carboxylic acids is 1. The Bertz CT molecular complexity index is 454. The zero-order valence-electron chi connectivity index (χ0n) is 13.7. The summed E-state index contributed by atoms with van der Waals surface area (Å²) in [6.45, 7) is 4.26. The number of amides is 2. The molecule has 23 heavy (non-hydrogen) atoms. The largest absolute Gasteiger partial charge is 0.481 e. The molecule has 2 saturated heterocycles. The third kappa shape index (κ3) is 4.67. The van der Waals surface area contributed by atoms with Gasteiger partial charge in [0, 0.05) is 26.1 Å². The smallest absolute Gasteiger partial charge is 0.305 e. The Balaban J connectivity index is 1.99. The van der Waals surface area contributed by atoms with E-state index in [0.29, 0.717) is 32.7 Å². The standard InChI is InChI=1S/C16H26N2O5/c1-2-4-14(19)17-6-3-5-12(10-17)16(22)18-7-8-23-11-13(18)9-15(20)21/h12-13H,2-11H2,1H3,(H,20,21). The quantitative estimate of drug-likeness (QED) is 0.805. The second kappa shape index (κ2) is 8.29. The minimum absolute atomic E-state index is 0.0338. The van der Waals surface area contributed by atoms with Crippen molar-refractivity contribution < 1.29 is 24.2 Å². The third-order valence-corrected chi connectivity index (χ3v) is 4.51. The summed E-state index contributed by atoms with van der Waals surface area (Å²) >= 11 is 0. The zero-order valence-corrected chi connectivity index (χ0v) is 13.7. The number of likely N-dealkylation sites (tertiary alicyclic amines) is 1. The van der Waals surface area contributed by atoms with Crippen LogP contribution < -0.4 is 0 Å². The fraction of sp³-hybridized carbons (Fsp3) is 0.812. The predicted octanol–water partition coefficient (Wildman–Crippen LogP) is 0.727. The molecule has 7 heteroatoms. The number of morpholine rings is 1. The predicted molar refractivity (Wildman–Crippen MR) is 82.8 cm³/mol. The zero-order chi connectivity index (χ0) is 16.8. The summed E-state index contributed by atoms with van der Waals surface area (Å²) in [6.07, 6.45) is 2.79. The minimum atomic E-state index is -0.929. The molecule has 2 rings (SSSR count). The van der Waals surface area contributed by atoms with Gasteiger partial charge >= 0.3 is 5.97 Å². The number of rotatable bonds is 5. The van der Waals surface area contributed by atoms with E-state index in [9.17, 15) is 14.4 Å². The van der Waals surface area contributed by atoms with E-state index in [4.69, 9.17) is 9.84 Å². The summed E-state index contributed by atoms with van der Waals surface area (Å²) in [5.74, 6) is -1.08. The highest BCUT2D eigenvalue weighted by molar-refractivity contribution is 5.82. The molecule has 2 fully saturated rings. The Labute approximate surface area is 136 Å². The molecule has 2 atom stereocenters. The van der Waals surface area contributed by atoms with Gasteiger partial charge in [0.2, 0.25) is 11.8 Å². The fourth-order valence-corrected chi connectivity index (χ4v) is 3.33. The molecule has 0 spiro atoms. The number of carbonyl (C=O) groups is 3. The fourth-order valence-electron chi connectivity index (χ4n) is 3.33. The number of piperidine rings is 1. The highest BCUT2D eigenvalue weighted by Crippen LogP contribution is 2.22. The highest BCUT2D eigenvalue weighted by atomic mass is 16.5. The number of carboxylic acid groups (broad SMARTS) is 1. The van der Waals surface area contributed by atoms with E-state index >= 15 is 0 Å². The van der Waals surface area contributed by atoms with E-state index < -0.39 is 12.0 Å². The molecule has 2 aliphatic heterocycles. The molecule has 130 valence electrons. The molecular weight excluding hydrogens is 300 g/mol. The Kier molecular flexibility index (Phi) is 6.38. The topological polar surface area (TPSA) is 87.2 Å². The first-order valence-corrected chi connectivity index (χ1v) is 8.40. The minimum Gasteiger partial charge on any atom is -0.481 e. The Hall–Kier alpha value is -1.63. The van der Waals surface area contributed by atoms with Gasteiger partial charge in [-0.05, 0) is 19.3 Å². The first-order chi connectivity index (χ1) is 11.0. The number of hydrogen-bond donors (Lipinski definition) is 1. The van der Waals surface area contributed by atoms with Gasteiger partial charge in [-0.1, -0.05) is 6.92 Å². The van der Waals surface area contributed by atoms with Crippen LogP contribution in [0.4, 0.5) is 0 Å². The monoisotopic (exact) mass is 326 g/mol. The average Bonchev–Trinajstić information content (AvgIpc) is 2.54. The summed E-state index contributed by atoms with van der Waals surface area (Å²) in [7, 11) is 0. The lowest BCUT2D eigenvalue weighted by molar-refractivity contribution is -0.151. The number of carbonyl (C=O) groups excluding carboxylic acids is 2. The molecular formula is C16H26N2O5. The van der Waals surface area contributed by atoms with Gasteiger partial charge in [-0.3, -0.25) is 14.4 Å². The van der Waals surface area contributed by atoms with E-state index in [2.05, 4.69) is 0 Å². The molecule has 0 radical (unpaired) electrons. The molecule has 7 nitrogen and oxygen atoms in total. The summed E-state index contributed by atoms with van der Waals surface area (Å²) in [5, 5.41) is 9.00. The van der Waals surface area contributed by atoms with Crippen LogP contribution in [0.2, 0.25) is 0 Å². The summed E-state index contributed by atoms with van der Waals surface area (Å²) in [5.41, 5.74) is 0. The third-order valence-electron chi connectivity index (χ3n) is 4.51. The van der Waals surface area contributed by atoms with Crippen molar-refractivity contribution >= 4 is 17.8 Å². The van der Waals surface area contributed by atoms with Crippen LogP contribution in [0, 0.1) is 5.92 Å². The van der Waals surface area contributed by atoms with Crippen LogP contribution in [0.1, 0.15) is 39.0 Å². The molecule has 2 heterocycles. The SMILES string of the molecule is CCCC(=O)N1CCCC(C(=O)N2CCOCC2CC(=O)O)C1. The first kappa shape index (κ1) is 17.7. The molecule has 0 bridgehead atoms. The molecule has 1 N–H and O–H groups in total. The first-order valence-electron chi connectivity index (χ1n) is 8.40. The van der Waals surface area contributed by atoms with E-state index in [0.717, 1.165) is 19.3 Å². The van der Waals surface area contributed by atoms with Crippen molar-refractivity contribution in [3.63, 3.8) is 0 Å². The Morgan fingerprint density at radius 2 is 2.04 bits per heavy atom. The van der Waals surface area contributed by atoms with E-state index in [1.165, 1.54) is 0 Å². The van der Waals surface area contributed by atoms with Gasteiger partial charge in [-0.15, -0.1) is 0 Å². The van der Waals surface area contributed by atoms with Crippen LogP contribution in [0.25, 0.3) is 0 Å². The summed E-state index contributed by atoms with van der Waals surface area (Å²) < 4.78 is 5.32. The van der Waals surface area contributed by atoms with Crippen LogP contribution in [0.15, 0.2) is 0 Å². The lowest BCUT2D eigenvalue weighted by atomic mass is 9.95. The van der Waals surface area contributed by atoms with Crippen LogP contribution in [0.3, 0.4) is 0 Å². The highest BCUT2D eigenvalue weighted by Gasteiger charge is 2.35. The van der Waals surface area contributed by atoms with Gasteiger partial charge in [0.05, 0.1) is 31.6 Å². The Morgan fingerprint density at radius 3 is 2.74 bits per heavy atom. The second-order valence-electron chi connectivity index (χ2n) is 6.29.